The molecule has 0 spiro atoms. The average molecular weight is 225 g/mol. The largest absolute Gasteiger partial charge is 0.461 e. The van der Waals surface area contributed by atoms with E-state index < -0.39 is 0 Å². The molecule has 0 atom stereocenters. The molecule has 0 aromatic heterocycles. The lowest BCUT2D eigenvalue weighted by Gasteiger charge is -2.07. The summed E-state index contributed by atoms with van der Waals surface area (Å²) in [5, 5.41) is 11.1. The topological polar surface area (TPSA) is 50.1 Å². The average Bonchev–Trinajstić information content (AvgIpc) is 2.35. The molecule has 2 aromatic carbocycles. The fraction of sp³-hybridized carbons (Fsp3) is 0.143. The molecule has 0 saturated heterocycles. The van der Waals surface area contributed by atoms with Crippen molar-refractivity contribution in [2.45, 2.75) is 13.5 Å². The Morgan fingerprint density at radius 1 is 1.29 bits per heavy atom. The lowest BCUT2D eigenvalue weighted by atomic mass is 10.0. The number of ether oxygens (including phenoxy) is 1. The SMILES string of the molecule is CC(=O)OCc1ccc2ccccc2c1C#N. The van der Waals surface area contributed by atoms with Crippen LogP contribution in [0.25, 0.3) is 10.8 Å². The third kappa shape index (κ3) is 2.26. The fourth-order valence-corrected chi connectivity index (χ4v) is 1.75. The molecule has 0 aliphatic heterocycles. The van der Waals surface area contributed by atoms with Crippen LogP contribution in [0.15, 0.2) is 36.4 Å². The Kier molecular flexibility index (Phi) is 3.06. The van der Waals surface area contributed by atoms with Gasteiger partial charge >= 0.3 is 5.97 Å². The zero-order chi connectivity index (χ0) is 12.3. The van der Waals surface area contributed by atoms with E-state index in [9.17, 15) is 10.1 Å². The molecule has 0 radical (unpaired) electrons. The number of carbonyl (C=O) groups is 1. The minimum absolute atomic E-state index is 0.142. The van der Waals surface area contributed by atoms with Gasteiger partial charge in [0.2, 0.25) is 0 Å². The van der Waals surface area contributed by atoms with Crippen molar-refractivity contribution < 1.29 is 9.53 Å². The summed E-state index contributed by atoms with van der Waals surface area (Å²) in [5.41, 5.74) is 1.31. The molecule has 17 heavy (non-hydrogen) atoms. The molecular formula is C14H11NO2. The molecule has 3 nitrogen and oxygen atoms in total. The summed E-state index contributed by atoms with van der Waals surface area (Å²) in [6.45, 7) is 1.50. The number of hydrogen-bond donors (Lipinski definition) is 0. The first-order chi connectivity index (χ1) is 8.22. The summed E-state index contributed by atoms with van der Waals surface area (Å²) < 4.78 is 4.93. The van der Waals surface area contributed by atoms with E-state index in [1.807, 2.05) is 36.4 Å². The first-order valence-corrected chi connectivity index (χ1v) is 5.26. The van der Waals surface area contributed by atoms with Crippen molar-refractivity contribution >= 4 is 16.7 Å². The molecule has 0 heterocycles. The number of fused-ring (bicyclic) bond motifs is 1. The lowest BCUT2D eigenvalue weighted by molar-refractivity contribution is -0.142. The number of hydrogen-bond acceptors (Lipinski definition) is 3. The van der Waals surface area contributed by atoms with Crippen LogP contribution in [0.1, 0.15) is 18.1 Å². The van der Waals surface area contributed by atoms with Crippen molar-refractivity contribution in [3.05, 3.63) is 47.5 Å². The van der Waals surface area contributed by atoms with E-state index in [2.05, 4.69) is 6.07 Å². The van der Waals surface area contributed by atoms with E-state index in [1.165, 1.54) is 6.92 Å². The van der Waals surface area contributed by atoms with E-state index in [4.69, 9.17) is 4.74 Å². The third-order valence-electron chi connectivity index (χ3n) is 2.56. The minimum atomic E-state index is -0.345. The molecule has 2 aromatic rings. The maximum Gasteiger partial charge on any atom is 0.302 e. The Morgan fingerprint density at radius 3 is 2.76 bits per heavy atom. The number of nitriles is 1. The van der Waals surface area contributed by atoms with E-state index in [1.54, 1.807) is 0 Å². The van der Waals surface area contributed by atoms with E-state index in [0.29, 0.717) is 5.56 Å². The van der Waals surface area contributed by atoms with Crippen LogP contribution in [0.5, 0.6) is 0 Å². The number of benzene rings is 2. The van der Waals surface area contributed by atoms with Gasteiger partial charge in [0.15, 0.2) is 0 Å². The van der Waals surface area contributed by atoms with Gasteiger partial charge in [-0.15, -0.1) is 0 Å². The summed E-state index contributed by atoms with van der Waals surface area (Å²) in [5.74, 6) is -0.345. The van der Waals surface area contributed by atoms with Crippen LogP contribution in [-0.4, -0.2) is 5.97 Å². The van der Waals surface area contributed by atoms with Crippen molar-refractivity contribution in [2.24, 2.45) is 0 Å². The maximum atomic E-state index is 10.8. The maximum absolute atomic E-state index is 10.8. The summed E-state index contributed by atoms with van der Waals surface area (Å²) in [6.07, 6.45) is 0. The quantitative estimate of drug-likeness (QED) is 0.738. The van der Waals surface area contributed by atoms with Crippen molar-refractivity contribution in [1.82, 2.24) is 0 Å². The standard InChI is InChI=1S/C14H11NO2/c1-10(16)17-9-12-7-6-11-4-2-3-5-13(11)14(12)8-15/h2-7H,9H2,1H3. The van der Waals surface area contributed by atoms with Crippen molar-refractivity contribution in [3.63, 3.8) is 0 Å². The number of esters is 1. The highest BCUT2D eigenvalue weighted by Crippen LogP contribution is 2.22. The van der Waals surface area contributed by atoms with Gasteiger partial charge in [-0.25, -0.2) is 0 Å². The van der Waals surface area contributed by atoms with Gasteiger partial charge in [-0.2, -0.15) is 5.26 Å². The minimum Gasteiger partial charge on any atom is -0.461 e. The van der Waals surface area contributed by atoms with Crippen LogP contribution in [0.3, 0.4) is 0 Å². The molecule has 0 saturated carbocycles. The first-order valence-electron chi connectivity index (χ1n) is 5.26. The molecule has 0 aliphatic rings. The molecule has 84 valence electrons. The summed E-state index contributed by atoms with van der Waals surface area (Å²) in [7, 11) is 0. The van der Waals surface area contributed by atoms with Gasteiger partial charge in [0.05, 0.1) is 5.56 Å². The molecule has 0 N–H and O–H groups in total. The van der Waals surface area contributed by atoms with E-state index in [-0.39, 0.29) is 12.6 Å². The Labute approximate surface area is 99.2 Å². The summed E-state index contributed by atoms with van der Waals surface area (Å²) >= 11 is 0. The fourth-order valence-electron chi connectivity index (χ4n) is 1.75. The highest BCUT2D eigenvalue weighted by atomic mass is 16.5. The Bertz CT molecular complexity index is 611. The van der Waals surface area contributed by atoms with Gasteiger partial charge in [-0.05, 0) is 10.8 Å². The zero-order valence-corrected chi connectivity index (χ0v) is 9.43. The molecule has 0 unspecified atom stereocenters. The molecule has 0 fully saturated rings. The molecule has 0 bridgehead atoms. The van der Waals surface area contributed by atoms with Gasteiger partial charge in [-0.1, -0.05) is 36.4 Å². The van der Waals surface area contributed by atoms with Gasteiger partial charge < -0.3 is 4.74 Å². The van der Waals surface area contributed by atoms with Crippen LogP contribution >= 0.6 is 0 Å². The normalized spacial score (nSPS) is 9.88. The molecule has 0 amide bonds. The first kappa shape index (κ1) is 11.2. The second-order valence-corrected chi connectivity index (χ2v) is 3.71. The molecule has 3 heteroatoms. The van der Waals surface area contributed by atoms with Crippen LogP contribution in [0.2, 0.25) is 0 Å². The monoisotopic (exact) mass is 225 g/mol. The van der Waals surface area contributed by atoms with Crippen molar-refractivity contribution in [1.29, 1.82) is 5.26 Å². The molecule has 0 aliphatic carbocycles. The van der Waals surface area contributed by atoms with Gasteiger partial charge in [0.25, 0.3) is 0 Å². The van der Waals surface area contributed by atoms with Gasteiger partial charge in [0.1, 0.15) is 12.7 Å². The third-order valence-corrected chi connectivity index (χ3v) is 2.56. The van der Waals surface area contributed by atoms with Crippen molar-refractivity contribution in [2.75, 3.05) is 0 Å². The summed E-state index contributed by atoms with van der Waals surface area (Å²) in [6, 6.07) is 13.6. The number of rotatable bonds is 2. The van der Waals surface area contributed by atoms with E-state index >= 15 is 0 Å². The zero-order valence-electron chi connectivity index (χ0n) is 9.43. The van der Waals surface area contributed by atoms with Gasteiger partial charge in [-0.3, -0.25) is 4.79 Å². The smallest absolute Gasteiger partial charge is 0.302 e. The second kappa shape index (κ2) is 4.67. The lowest BCUT2D eigenvalue weighted by Crippen LogP contribution is -2.01. The van der Waals surface area contributed by atoms with Crippen LogP contribution in [0, 0.1) is 11.3 Å². The van der Waals surface area contributed by atoms with Crippen LogP contribution < -0.4 is 0 Å². The predicted molar refractivity (Wildman–Crippen MR) is 64.1 cm³/mol. The summed E-state index contributed by atoms with van der Waals surface area (Å²) in [4.78, 5) is 10.8. The highest BCUT2D eigenvalue weighted by Gasteiger charge is 2.07. The van der Waals surface area contributed by atoms with Crippen LogP contribution in [0.4, 0.5) is 0 Å². The Morgan fingerprint density at radius 2 is 2.06 bits per heavy atom. The van der Waals surface area contributed by atoms with E-state index in [0.717, 1.165) is 16.3 Å². The van der Waals surface area contributed by atoms with Gasteiger partial charge in [0, 0.05) is 12.5 Å². The number of nitrogens with zero attached hydrogens (tertiary/aromatic N) is 1. The number of carbonyl (C=O) groups excluding carboxylic acids is 1. The predicted octanol–water partition coefficient (Wildman–Crippen LogP) is 2.77. The van der Waals surface area contributed by atoms with Crippen LogP contribution in [-0.2, 0) is 16.1 Å². The Hall–Kier alpha value is -2.34. The molecule has 2 rings (SSSR count). The Balaban J connectivity index is 2.50. The highest BCUT2D eigenvalue weighted by molar-refractivity contribution is 5.89. The molecular weight excluding hydrogens is 214 g/mol. The second-order valence-electron chi connectivity index (χ2n) is 3.71. The van der Waals surface area contributed by atoms with Crippen molar-refractivity contribution in [3.8, 4) is 6.07 Å².